The van der Waals surface area contributed by atoms with Gasteiger partial charge in [0.05, 0.1) is 32.9 Å². The number of aromatic nitrogens is 3. The fraction of sp³-hybridized carbons (Fsp3) is 0.250. The van der Waals surface area contributed by atoms with Crippen molar-refractivity contribution in [2.75, 3.05) is 18.5 Å². The largest absolute Gasteiger partial charge is 0.395 e. The Labute approximate surface area is 153 Å². The molecule has 0 saturated carbocycles. The fourth-order valence-electron chi connectivity index (χ4n) is 2.27. The number of hydrogen-bond donors (Lipinski definition) is 3. The quantitative estimate of drug-likeness (QED) is 0.610. The number of fused-ring (bicyclic) bond motifs is 1. The zero-order valence-corrected chi connectivity index (χ0v) is 14.9. The Kier molecular flexibility index (Phi) is 5.42. The Balaban J connectivity index is 1.94. The van der Waals surface area contributed by atoms with Crippen molar-refractivity contribution >= 4 is 45.0 Å². The summed E-state index contributed by atoms with van der Waals surface area (Å²) in [7, 11) is 0. The number of carbonyl (C=O) groups excluding carboxylic acids is 1. The molecule has 3 aromatic heterocycles. The van der Waals surface area contributed by atoms with Gasteiger partial charge in [0.25, 0.3) is 5.91 Å². The van der Waals surface area contributed by atoms with Crippen LogP contribution in [0.25, 0.3) is 10.2 Å². The number of hydrogen-bond acceptors (Lipinski definition) is 7. The van der Waals surface area contributed by atoms with Crippen molar-refractivity contribution < 1.29 is 9.90 Å². The van der Waals surface area contributed by atoms with Crippen LogP contribution in [0.2, 0.25) is 4.34 Å². The van der Waals surface area contributed by atoms with Gasteiger partial charge >= 0.3 is 0 Å². The Morgan fingerprint density at radius 2 is 2.24 bits per heavy atom. The maximum absolute atomic E-state index is 12.3. The third-order valence-electron chi connectivity index (χ3n) is 3.43. The molecular formula is C16H16ClN5O2S. The lowest BCUT2D eigenvalue weighted by molar-refractivity contribution is 0.0942. The van der Waals surface area contributed by atoms with Gasteiger partial charge in [-0.25, -0.2) is 9.97 Å². The molecule has 0 aliphatic rings. The van der Waals surface area contributed by atoms with Gasteiger partial charge in [-0.15, -0.1) is 11.3 Å². The Morgan fingerprint density at radius 3 is 2.96 bits per heavy atom. The van der Waals surface area contributed by atoms with E-state index in [-0.39, 0.29) is 30.8 Å². The lowest BCUT2D eigenvalue weighted by atomic mass is 10.2. The lowest BCUT2D eigenvalue weighted by Crippen LogP contribution is -2.27. The van der Waals surface area contributed by atoms with Crippen molar-refractivity contribution in [3.63, 3.8) is 0 Å². The van der Waals surface area contributed by atoms with Gasteiger partial charge in [-0.2, -0.15) is 0 Å². The molecule has 0 spiro atoms. The second kappa shape index (κ2) is 7.73. The molecule has 0 aromatic carbocycles. The SMILES string of the molecule is C[C@H](Nc1nc(C(=O)NCCO)c2sc(Cl)cc2n1)c1ccccn1. The van der Waals surface area contributed by atoms with Crippen LogP contribution in [-0.4, -0.2) is 39.1 Å². The molecule has 0 aliphatic heterocycles. The van der Waals surface area contributed by atoms with Crippen molar-refractivity contribution in [2.24, 2.45) is 0 Å². The minimum Gasteiger partial charge on any atom is -0.395 e. The van der Waals surface area contributed by atoms with E-state index in [1.54, 1.807) is 12.3 Å². The maximum atomic E-state index is 12.3. The molecule has 3 rings (SSSR count). The van der Waals surface area contributed by atoms with E-state index in [0.29, 0.717) is 20.5 Å². The molecule has 1 amide bonds. The topological polar surface area (TPSA) is 100 Å². The van der Waals surface area contributed by atoms with Crippen LogP contribution in [0, 0.1) is 0 Å². The van der Waals surface area contributed by atoms with Crippen LogP contribution in [0.3, 0.4) is 0 Å². The maximum Gasteiger partial charge on any atom is 0.271 e. The van der Waals surface area contributed by atoms with Crippen LogP contribution < -0.4 is 10.6 Å². The highest BCUT2D eigenvalue weighted by Crippen LogP contribution is 2.31. The van der Waals surface area contributed by atoms with E-state index < -0.39 is 0 Å². The first kappa shape index (κ1) is 17.5. The Hall–Kier alpha value is -2.29. The van der Waals surface area contributed by atoms with Crippen LogP contribution >= 0.6 is 22.9 Å². The number of carbonyl (C=O) groups is 1. The normalized spacial score (nSPS) is 12.1. The summed E-state index contributed by atoms with van der Waals surface area (Å²) in [6.07, 6.45) is 1.71. The van der Waals surface area contributed by atoms with Gasteiger partial charge in [-0.05, 0) is 25.1 Å². The number of anilines is 1. The highest BCUT2D eigenvalue weighted by molar-refractivity contribution is 7.22. The summed E-state index contributed by atoms with van der Waals surface area (Å²) in [5.74, 6) is -0.0669. The van der Waals surface area contributed by atoms with Crippen molar-refractivity contribution in [3.8, 4) is 0 Å². The van der Waals surface area contributed by atoms with Crippen molar-refractivity contribution in [1.29, 1.82) is 0 Å². The molecule has 0 aliphatic carbocycles. The predicted octanol–water partition coefficient (Wildman–Crippen LogP) is 2.63. The summed E-state index contributed by atoms with van der Waals surface area (Å²) >= 11 is 7.31. The van der Waals surface area contributed by atoms with Crippen LogP contribution in [0.4, 0.5) is 5.95 Å². The number of nitrogens with one attached hydrogen (secondary N) is 2. The molecule has 25 heavy (non-hydrogen) atoms. The number of aliphatic hydroxyl groups excluding tert-OH is 1. The van der Waals surface area contributed by atoms with Crippen molar-refractivity contribution in [2.45, 2.75) is 13.0 Å². The van der Waals surface area contributed by atoms with E-state index >= 15 is 0 Å². The number of nitrogens with zero attached hydrogens (tertiary/aromatic N) is 3. The highest BCUT2D eigenvalue weighted by atomic mass is 35.5. The molecule has 1 atom stereocenters. The van der Waals surface area contributed by atoms with Gasteiger partial charge in [-0.3, -0.25) is 9.78 Å². The fourth-order valence-corrected chi connectivity index (χ4v) is 3.42. The molecule has 130 valence electrons. The lowest BCUT2D eigenvalue weighted by Gasteiger charge is -2.14. The Morgan fingerprint density at radius 1 is 1.40 bits per heavy atom. The van der Waals surface area contributed by atoms with E-state index in [9.17, 15) is 4.79 Å². The number of thiophene rings is 1. The first-order chi connectivity index (χ1) is 12.1. The van der Waals surface area contributed by atoms with Gasteiger partial charge in [0, 0.05) is 12.7 Å². The van der Waals surface area contributed by atoms with Gasteiger partial charge in [0.15, 0.2) is 5.69 Å². The average Bonchev–Trinajstić information content (AvgIpc) is 2.99. The number of halogens is 1. The molecule has 0 radical (unpaired) electrons. The predicted molar refractivity (Wildman–Crippen MR) is 98.1 cm³/mol. The smallest absolute Gasteiger partial charge is 0.271 e. The molecule has 0 fully saturated rings. The number of pyridine rings is 1. The standard InChI is InChI=1S/C16H16ClN5O2S/c1-9(10-4-2-3-5-18-10)20-16-21-11-8-12(17)25-14(11)13(22-16)15(24)19-6-7-23/h2-5,8-9,23H,6-7H2,1H3,(H,19,24)(H,20,21,22)/t9-/m0/s1. The summed E-state index contributed by atoms with van der Waals surface area (Å²) < 4.78 is 1.13. The van der Waals surface area contributed by atoms with Crippen LogP contribution in [-0.2, 0) is 0 Å². The first-order valence-electron chi connectivity index (χ1n) is 7.62. The van der Waals surface area contributed by atoms with Crippen LogP contribution in [0.5, 0.6) is 0 Å². The summed E-state index contributed by atoms with van der Waals surface area (Å²) in [6, 6.07) is 7.20. The number of aliphatic hydroxyl groups is 1. The molecule has 0 unspecified atom stereocenters. The number of amides is 1. The monoisotopic (exact) mass is 377 g/mol. The van der Waals surface area contributed by atoms with E-state index in [4.69, 9.17) is 16.7 Å². The third-order valence-corrected chi connectivity index (χ3v) is 4.69. The zero-order chi connectivity index (χ0) is 17.8. The molecule has 3 aromatic rings. The molecule has 0 bridgehead atoms. The molecule has 7 nitrogen and oxygen atoms in total. The van der Waals surface area contributed by atoms with Crippen LogP contribution in [0.1, 0.15) is 29.1 Å². The van der Waals surface area contributed by atoms with Crippen molar-refractivity contribution in [1.82, 2.24) is 20.3 Å². The molecule has 9 heteroatoms. The minimum absolute atomic E-state index is 0.138. The van der Waals surface area contributed by atoms with Gasteiger partial charge in [0.2, 0.25) is 5.95 Å². The molecular weight excluding hydrogens is 362 g/mol. The van der Waals surface area contributed by atoms with Gasteiger partial charge in [0.1, 0.15) is 0 Å². The third kappa shape index (κ3) is 4.04. The summed E-state index contributed by atoms with van der Waals surface area (Å²) in [5, 5.41) is 14.7. The van der Waals surface area contributed by atoms with E-state index in [1.807, 2.05) is 25.1 Å². The zero-order valence-electron chi connectivity index (χ0n) is 13.4. The van der Waals surface area contributed by atoms with E-state index in [0.717, 1.165) is 5.69 Å². The summed E-state index contributed by atoms with van der Waals surface area (Å²) in [5.41, 5.74) is 1.65. The average molecular weight is 378 g/mol. The van der Waals surface area contributed by atoms with Gasteiger partial charge < -0.3 is 15.7 Å². The summed E-state index contributed by atoms with van der Waals surface area (Å²) in [4.78, 5) is 25.4. The minimum atomic E-state index is -0.381. The second-order valence-electron chi connectivity index (χ2n) is 5.26. The van der Waals surface area contributed by atoms with Crippen LogP contribution in [0.15, 0.2) is 30.5 Å². The Bertz CT molecular complexity index is 887. The molecule has 0 saturated heterocycles. The molecule has 3 heterocycles. The molecule has 3 N–H and O–H groups in total. The van der Waals surface area contributed by atoms with Gasteiger partial charge in [-0.1, -0.05) is 17.7 Å². The van der Waals surface area contributed by atoms with Crippen molar-refractivity contribution in [3.05, 3.63) is 46.2 Å². The van der Waals surface area contributed by atoms with E-state index in [2.05, 4.69) is 25.6 Å². The van der Waals surface area contributed by atoms with E-state index in [1.165, 1.54) is 11.3 Å². The summed E-state index contributed by atoms with van der Waals surface area (Å²) in [6.45, 7) is 1.94. The second-order valence-corrected chi connectivity index (χ2v) is 6.94. The number of rotatable bonds is 6. The first-order valence-corrected chi connectivity index (χ1v) is 8.81. The highest BCUT2D eigenvalue weighted by Gasteiger charge is 2.18.